The van der Waals surface area contributed by atoms with Crippen LogP contribution in [-0.4, -0.2) is 60.5 Å². The van der Waals surface area contributed by atoms with Crippen molar-refractivity contribution < 1.29 is 9.59 Å². The predicted octanol–water partition coefficient (Wildman–Crippen LogP) is 4.00. The fraction of sp³-hybridized carbons (Fsp3) is 0.481. The van der Waals surface area contributed by atoms with E-state index in [1.165, 1.54) is 0 Å². The van der Waals surface area contributed by atoms with Crippen LogP contribution in [-0.2, 0) is 16.0 Å². The third-order valence-corrected chi connectivity index (χ3v) is 7.56. The first-order valence-corrected chi connectivity index (χ1v) is 13.2. The first-order chi connectivity index (χ1) is 17.1. The summed E-state index contributed by atoms with van der Waals surface area (Å²) in [6.45, 7) is 10.7. The largest absolute Gasteiger partial charge is 0.383 e. The van der Waals surface area contributed by atoms with Gasteiger partial charge in [0.2, 0.25) is 0 Å². The highest BCUT2D eigenvalue weighted by molar-refractivity contribution is 7.18. The van der Waals surface area contributed by atoms with Gasteiger partial charge in [-0.1, -0.05) is 19.9 Å². The lowest BCUT2D eigenvalue weighted by Crippen LogP contribution is -2.48. The fourth-order valence-electron chi connectivity index (χ4n) is 4.47. The number of allylic oxidation sites excluding steroid dienone is 3. The standard InChI is InChI=1S/C27H38N6O2S/c1-7-19(25(28)29-4)14-18(3)30-26(34)27(35)33-16-17(2)8-10-22(33)20-9-11-23-21(15-20)31-24(36-23)12-13-32(5)6/h9,11,14-15,17,22H,4,7-8,10,12-13,16,28H2,1-3,5-6H3,(H,30,34)/b18-14+,25-19-/t17-,22+/m0/s1. The first-order valence-electron chi connectivity index (χ1n) is 12.4. The minimum absolute atomic E-state index is 0.160. The third-order valence-electron chi connectivity index (χ3n) is 6.47. The van der Waals surface area contributed by atoms with Crippen LogP contribution in [0, 0.1) is 5.92 Å². The molecule has 2 atom stereocenters. The molecule has 0 radical (unpaired) electrons. The zero-order chi connectivity index (χ0) is 26.4. The summed E-state index contributed by atoms with van der Waals surface area (Å²) in [5, 5.41) is 3.84. The van der Waals surface area contributed by atoms with Gasteiger partial charge in [-0.2, -0.15) is 0 Å². The smallest absolute Gasteiger partial charge is 0.313 e. The molecule has 3 N–H and O–H groups in total. The number of likely N-dealkylation sites (tertiary alicyclic amines) is 1. The number of carbonyl (C=O) groups excluding carboxylic acids is 2. The van der Waals surface area contributed by atoms with Crippen molar-refractivity contribution in [1.82, 2.24) is 20.1 Å². The van der Waals surface area contributed by atoms with E-state index < -0.39 is 11.8 Å². The second kappa shape index (κ2) is 12.3. The van der Waals surface area contributed by atoms with Crippen LogP contribution in [0.15, 0.2) is 46.4 Å². The van der Waals surface area contributed by atoms with E-state index in [1.54, 1.807) is 29.2 Å². The first kappa shape index (κ1) is 27.5. The summed E-state index contributed by atoms with van der Waals surface area (Å²) in [5.41, 5.74) is 9.12. The van der Waals surface area contributed by atoms with Gasteiger partial charge >= 0.3 is 11.8 Å². The normalized spacial score (nSPS) is 19.4. The van der Waals surface area contributed by atoms with Crippen molar-refractivity contribution in [3.05, 3.63) is 51.9 Å². The number of nitrogens with two attached hydrogens (primary N) is 1. The molecule has 1 fully saturated rings. The molecule has 1 saturated heterocycles. The number of carbonyl (C=O) groups is 2. The molecule has 9 heteroatoms. The number of nitrogens with one attached hydrogen (secondary N) is 1. The van der Waals surface area contributed by atoms with Gasteiger partial charge in [-0.3, -0.25) is 9.59 Å². The van der Waals surface area contributed by atoms with Gasteiger partial charge in [-0.25, -0.2) is 9.98 Å². The van der Waals surface area contributed by atoms with Crippen molar-refractivity contribution in [2.45, 2.75) is 52.5 Å². The van der Waals surface area contributed by atoms with Crippen molar-refractivity contribution in [2.75, 3.05) is 27.2 Å². The Morgan fingerprint density at radius 2 is 2.11 bits per heavy atom. The van der Waals surface area contributed by atoms with Crippen molar-refractivity contribution in [2.24, 2.45) is 16.6 Å². The average Bonchev–Trinajstić information content (AvgIpc) is 3.27. The SMILES string of the molecule is C=N/C(N)=C(\C=C(/C)NC(=O)C(=O)N1C[C@@H](C)CC[C@@H]1c1ccc2sc(CCN(C)C)nc2c1)CC. The number of rotatable bonds is 8. The van der Waals surface area contributed by atoms with Crippen molar-refractivity contribution in [3.63, 3.8) is 0 Å². The van der Waals surface area contributed by atoms with Crippen LogP contribution >= 0.6 is 11.3 Å². The minimum atomic E-state index is -0.649. The Morgan fingerprint density at radius 3 is 2.78 bits per heavy atom. The zero-order valence-electron chi connectivity index (χ0n) is 22.0. The van der Waals surface area contributed by atoms with Crippen LogP contribution in [0.25, 0.3) is 10.2 Å². The molecule has 1 aromatic heterocycles. The molecular weight excluding hydrogens is 472 g/mol. The minimum Gasteiger partial charge on any atom is -0.383 e. The number of amides is 2. The van der Waals surface area contributed by atoms with Crippen molar-refractivity contribution in [1.29, 1.82) is 0 Å². The van der Waals surface area contributed by atoms with Crippen LogP contribution in [0.5, 0.6) is 0 Å². The van der Waals surface area contributed by atoms with E-state index in [2.05, 4.69) is 61.1 Å². The Morgan fingerprint density at radius 1 is 1.36 bits per heavy atom. The zero-order valence-corrected chi connectivity index (χ0v) is 22.8. The number of nitrogens with zero attached hydrogens (tertiary/aromatic N) is 4. The lowest BCUT2D eigenvalue weighted by Gasteiger charge is -2.38. The molecule has 2 amide bonds. The van der Waals surface area contributed by atoms with E-state index >= 15 is 0 Å². The Kier molecular flexibility index (Phi) is 9.39. The van der Waals surface area contributed by atoms with E-state index in [0.29, 0.717) is 30.4 Å². The number of likely N-dealkylation sites (N-methyl/N-ethyl adjacent to an activating group) is 1. The summed E-state index contributed by atoms with van der Waals surface area (Å²) in [4.78, 5) is 38.7. The van der Waals surface area contributed by atoms with Crippen LogP contribution < -0.4 is 11.1 Å². The maximum absolute atomic E-state index is 13.3. The molecule has 1 aliphatic heterocycles. The van der Waals surface area contributed by atoms with Gasteiger partial charge in [0.1, 0.15) is 5.82 Å². The van der Waals surface area contributed by atoms with E-state index in [0.717, 1.165) is 52.2 Å². The van der Waals surface area contributed by atoms with Crippen LogP contribution in [0.2, 0.25) is 0 Å². The van der Waals surface area contributed by atoms with Crippen LogP contribution in [0.3, 0.4) is 0 Å². The van der Waals surface area contributed by atoms with Gasteiger partial charge in [0.05, 0.1) is 21.3 Å². The Labute approximate surface area is 218 Å². The fourth-order valence-corrected chi connectivity index (χ4v) is 5.40. The highest BCUT2D eigenvalue weighted by Crippen LogP contribution is 2.35. The summed E-state index contributed by atoms with van der Waals surface area (Å²) in [6.07, 6.45) is 5.08. The number of thiazole rings is 1. The highest BCUT2D eigenvalue weighted by Gasteiger charge is 2.34. The molecule has 194 valence electrons. The summed E-state index contributed by atoms with van der Waals surface area (Å²) in [7, 11) is 4.11. The summed E-state index contributed by atoms with van der Waals surface area (Å²) in [5.74, 6) is -0.543. The second-order valence-electron chi connectivity index (χ2n) is 9.75. The average molecular weight is 511 g/mol. The molecule has 0 saturated carbocycles. The monoisotopic (exact) mass is 510 g/mol. The molecule has 2 heterocycles. The number of hydrogen-bond acceptors (Lipinski definition) is 7. The van der Waals surface area contributed by atoms with Crippen molar-refractivity contribution >= 4 is 40.1 Å². The number of piperidine rings is 1. The molecule has 0 unspecified atom stereocenters. The molecule has 1 aromatic carbocycles. The number of aliphatic imine (C=N–C) groups is 1. The third kappa shape index (κ3) is 6.79. The van der Waals surface area contributed by atoms with Gasteiger partial charge in [0.15, 0.2) is 0 Å². The topological polar surface area (TPSA) is 104 Å². The van der Waals surface area contributed by atoms with Gasteiger partial charge in [0, 0.05) is 25.2 Å². The maximum atomic E-state index is 13.3. The number of fused-ring (bicyclic) bond motifs is 1. The summed E-state index contributed by atoms with van der Waals surface area (Å²) < 4.78 is 1.14. The molecule has 2 aromatic rings. The molecule has 0 spiro atoms. The summed E-state index contributed by atoms with van der Waals surface area (Å²) >= 11 is 1.71. The second-order valence-corrected chi connectivity index (χ2v) is 10.9. The molecule has 1 aliphatic rings. The Balaban J connectivity index is 1.81. The molecule has 0 bridgehead atoms. The van der Waals surface area contributed by atoms with Crippen molar-refractivity contribution in [3.8, 4) is 0 Å². The molecule has 3 rings (SSSR count). The van der Waals surface area contributed by atoms with E-state index in [4.69, 9.17) is 10.7 Å². The maximum Gasteiger partial charge on any atom is 0.313 e. The highest BCUT2D eigenvalue weighted by atomic mass is 32.1. The number of hydrogen-bond donors (Lipinski definition) is 2. The predicted molar refractivity (Wildman–Crippen MR) is 148 cm³/mol. The molecular formula is C27H38N6O2S. The van der Waals surface area contributed by atoms with Gasteiger partial charge in [-0.15, -0.1) is 11.3 Å². The Bertz CT molecular complexity index is 1180. The Hall–Kier alpha value is -3.04. The van der Waals surface area contributed by atoms with E-state index in [1.807, 2.05) is 6.92 Å². The molecule has 0 aliphatic carbocycles. The van der Waals surface area contributed by atoms with Crippen LogP contribution in [0.4, 0.5) is 0 Å². The van der Waals surface area contributed by atoms with Gasteiger partial charge in [0.25, 0.3) is 0 Å². The lowest BCUT2D eigenvalue weighted by molar-refractivity contribution is -0.148. The molecule has 36 heavy (non-hydrogen) atoms. The quantitative estimate of drug-likeness (QED) is 0.317. The van der Waals surface area contributed by atoms with E-state index in [9.17, 15) is 9.59 Å². The number of aromatic nitrogens is 1. The van der Waals surface area contributed by atoms with Crippen LogP contribution in [0.1, 0.15) is 56.6 Å². The molecule has 8 nitrogen and oxygen atoms in total. The number of benzene rings is 1. The summed E-state index contributed by atoms with van der Waals surface area (Å²) in [6, 6.07) is 6.08. The van der Waals surface area contributed by atoms with Gasteiger partial charge in [-0.05, 0) is 82.3 Å². The lowest BCUT2D eigenvalue weighted by atomic mass is 9.89. The van der Waals surface area contributed by atoms with E-state index in [-0.39, 0.29) is 6.04 Å². The van der Waals surface area contributed by atoms with Gasteiger partial charge < -0.3 is 20.9 Å².